The van der Waals surface area contributed by atoms with Crippen LogP contribution in [0.1, 0.15) is 12.7 Å². The second-order valence-corrected chi connectivity index (χ2v) is 3.56. The van der Waals surface area contributed by atoms with Gasteiger partial charge < -0.3 is 0 Å². The summed E-state index contributed by atoms with van der Waals surface area (Å²) >= 11 is 5.60. The first-order valence-electron chi connectivity index (χ1n) is 4.79. The van der Waals surface area contributed by atoms with E-state index in [9.17, 15) is 4.79 Å². The molecule has 0 fully saturated rings. The number of nitrogens with zero attached hydrogens (tertiary/aromatic N) is 5. The molecule has 2 aromatic rings. The van der Waals surface area contributed by atoms with E-state index < -0.39 is 0 Å². The molecule has 0 spiro atoms. The molecule has 0 aliphatic heterocycles. The number of hydrogen-bond donors (Lipinski definition) is 0. The molecular formula is C9H10ClN5O. The average molecular weight is 240 g/mol. The van der Waals surface area contributed by atoms with Crippen LogP contribution >= 0.6 is 11.6 Å². The highest BCUT2D eigenvalue weighted by Gasteiger charge is 2.05. The van der Waals surface area contributed by atoms with Crippen molar-refractivity contribution in [3.63, 3.8) is 0 Å². The Balaban J connectivity index is 2.31. The second kappa shape index (κ2) is 4.44. The lowest BCUT2D eigenvalue weighted by molar-refractivity contribution is 0.582. The minimum Gasteiger partial charge on any atom is -0.291 e. The van der Waals surface area contributed by atoms with Crippen LogP contribution in [0, 0.1) is 0 Å². The van der Waals surface area contributed by atoms with Crippen LogP contribution in [0.4, 0.5) is 0 Å². The molecule has 0 aromatic carbocycles. The Morgan fingerprint density at radius 1 is 1.44 bits per heavy atom. The number of aromatic nitrogens is 5. The largest absolute Gasteiger partial charge is 0.291 e. The van der Waals surface area contributed by atoms with Crippen LogP contribution < -0.4 is 5.56 Å². The molecule has 0 N–H and O–H groups in total. The summed E-state index contributed by atoms with van der Waals surface area (Å²) in [6.07, 6.45) is 2.87. The smallest absolute Gasteiger partial charge is 0.255 e. The Bertz CT molecular complexity index is 547. The van der Waals surface area contributed by atoms with Gasteiger partial charge in [0.2, 0.25) is 0 Å². The fraction of sp³-hybridized carbons (Fsp3) is 0.333. The highest BCUT2D eigenvalue weighted by atomic mass is 35.5. The van der Waals surface area contributed by atoms with Gasteiger partial charge in [0.25, 0.3) is 5.56 Å². The Morgan fingerprint density at radius 3 is 2.94 bits per heavy atom. The molecule has 2 aromatic heterocycles. The minimum absolute atomic E-state index is 0.193. The molecule has 0 saturated carbocycles. The summed E-state index contributed by atoms with van der Waals surface area (Å²) in [6, 6.07) is 1.27. The Hall–Kier alpha value is -1.69. The van der Waals surface area contributed by atoms with Crippen LogP contribution in [0.2, 0.25) is 5.15 Å². The lowest BCUT2D eigenvalue weighted by atomic mass is 10.5. The van der Waals surface area contributed by atoms with Gasteiger partial charge in [-0.3, -0.25) is 9.36 Å². The van der Waals surface area contributed by atoms with Crippen LogP contribution in [0.3, 0.4) is 0 Å². The second-order valence-electron chi connectivity index (χ2n) is 3.17. The van der Waals surface area contributed by atoms with Gasteiger partial charge in [0.15, 0.2) is 0 Å². The van der Waals surface area contributed by atoms with Gasteiger partial charge in [-0.2, -0.15) is 5.10 Å². The molecule has 0 aliphatic rings. The van der Waals surface area contributed by atoms with Crippen LogP contribution in [-0.4, -0.2) is 24.3 Å². The maximum Gasteiger partial charge on any atom is 0.255 e. The number of aryl methyl sites for hydroxylation is 1. The van der Waals surface area contributed by atoms with E-state index in [-0.39, 0.29) is 10.7 Å². The van der Waals surface area contributed by atoms with E-state index in [1.165, 1.54) is 23.3 Å². The van der Waals surface area contributed by atoms with Gasteiger partial charge in [0, 0.05) is 12.6 Å². The predicted octanol–water partition coefficient (Wildman–Crippen LogP) is 0.556. The molecule has 2 heterocycles. The monoisotopic (exact) mass is 239 g/mol. The van der Waals surface area contributed by atoms with Gasteiger partial charge >= 0.3 is 0 Å². The van der Waals surface area contributed by atoms with Crippen molar-refractivity contribution in [3.05, 3.63) is 40.1 Å². The first-order chi connectivity index (χ1) is 7.70. The van der Waals surface area contributed by atoms with Gasteiger partial charge in [0.1, 0.15) is 17.3 Å². The van der Waals surface area contributed by atoms with Gasteiger partial charge in [-0.25, -0.2) is 14.6 Å². The molecule has 0 radical (unpaired) electrons. The van der Waals surface area contributed by atoms with E-state index in [2.05, 4.69) is 15.1 Å². The van der Waals surface area contributed by atoms with E-state index in [0.717, 1.165) is 0 Å². The van der Waals surface area contributed by atoms with E-state index in [0.29, 0.717) is 18.9 Å². The molecule has 0 amide bonds. The van der Waals surface area contributed by atoms with Crippen molar-refractivity contribution >= 4 is 11.6 Å². The number of hydrogen-bond acceptors (Lipinski definition) is 4. The third-order valence-corrected chi connectivity index (χ3v) is 2.36. The van der Waals surface area contributed by atoms with Gasteiger partial charge in [-0.1, -0.05) is 11.6 Å². The summed E-state index contributed by atoms with van der Waals surface area (Å²) in [4.78, 5) is 19.5. The summed E-state index contributed by atoms with van der Waals surface area (Å²) in [5.41, 5.74) is -0.203. The number of halogens is 1. The molecule has 6 nitrogen and oxygen atoms in total. The maximum absolute atomic E-state index is 11.5. The van der Waals surface area contributed by atoms with E-state index in [1.54, 1.807) is 4.68 Å². The third-order valence-electron chi connectivity index (χ3n) is 2.15. The van der Waals surface area contributed by atoms with E-state index >= 15 is 0 Å². The molecule has 0 saturated heterocycles. The average Bonchev–Trinajstić information content (AvgIpc) is 2.69. The van der Waals surface area contributed by atoms with Crippen molar-refractivity contribution in [1.82, 2.24) is 24.3 Å². The fourth-order valence-corrected chi connectivity index (χ4v) is 1.49. The fourth-order valence-electron chi connectivity index (χ4n) is 1.35. The van der Waals surface area contributed by atoms with Crippen molar-refractivity contribution in [3.8, 4) is 0 Å². The topological polar surface area (TPSA) is 65.6 Å². The molecule has 7 heteroatoms. The molecule has 0 unspecified atom stereocenters. The van der Waals surface area contributed by atoms with Gasteiger partial charge in [-0.05, 0) is 6.92 Å². The van der Waals surface area contributed by atoms with E-state index in [4.69, 9.17) is 11.6 Å². The standard InChI is InChI=1S/C9H10ClN5O/c1-2-15-8(11-5-13-15)4-14-6-12-7(10)3-9(14)16/h3,5-6H,2,4H2,1H3. The Labute approximate surface area is 96.5 Å². The zero-order chi connectivity index (χ0) is 11.5. The van der Waals surface area contributed by atoms with Crippen LogP contribution in [0.15, 0.2) is 23.5 Å². The van der Waals surface area contributed by atoms with Gasteiger partial charge in [-0.15, -0.1) is 0 Å². The van der Waals surface area contributed by atoms with Gasteiger partial charge in [0.05, 0.1) is 12.9 Å². The summed E-state index contributed by atoms with van der Waals surface area (Å²) < 4.78 is 3.16. The van der Waals surface area contributed by atoms with Crippen molar-refractivity contribution in [2.24, 2.45) is 0 Å². The summed E-state index contributed by atoms with van der Waals surface area (Å²) in [7, 11) is 0. The number of rotatable bonds is 3. The Morgan fingerprint density at radius 2 is 2.25 bits per heavy atom. The first-order valence-corrected chi connectivity index (χ1v) is 5.17. The lowest BCUT2D eigenvalue weighted by Crippen LogP contribution is -2.22. The van der Waals surface area contributed by atoms with Crippen molar-refractivity contribution in [2.45, 2.75) is 20.0 Å². The Kier molecular flexibility index (Phi) is 3.00. The molecule has 16 heavy (non-hydrogen) atoms. The zero-order valence-corrected chi connectivity index (χ0v) is 9.42. The summed E-state index contributed by atoms with van der Waals surface area (Å²) in [5, 5.41) is 4.21. The SMILES string of the molecule is CCn1ncnc1Cn1cnc(Cl)cc1=O. The minimum atomic E-state index is -0.203. The molecule has 0 aliphatic carbocycles. The van der Waals surface area contributed by atoms with Crippen molar-refractivity contribution in [1.29, 1.82) is 0 Å². The third kappa shape index (κ3) is 2.11. The maximum atomic E-state index is 11.5. The highest BCUT2D eigenvalue weighted by molar-refractivity contribution is 6.29. The quantitative estimate of drug-likeness (QED) is 0.734. The molecule has 2 rings (SSSR count). The first kappa shape index (κ1) is 10.8. The lowest BCUT2D eigenvalue weighted by Gasteiger charge is -2.05. The molecule has 0 atom stereocenters. The molecule has 0 bridgehead atoms. The summed E-state index contributed by atoms with van der Waals surface area (Å²) in [5.74, 6) is 0.716. The van der Waals surface area contributed by atoms with Crippen LogP contribution in [0.25, 0.3) is 0 Å². The zero-order valence-electron chi connectivity index (χ0n) is 8.67. The normalized spacial score (nSPS) is 10.6. The summed E-state index contributed by atoms with van der Waals surface area (Å²) in [6.45, 7) is 3.02. The molecular weight excluding hydrogens is 230 g/mol. The van der Waals surface area contributed by atoms with Crippen LogP contribution in [-0.2, 0) is 13.1 Å². The van der Waals surface area contributed by atoms with Crippen LogP contribution in [0.5, 0.6) is 0 Å². The van der Waals surface area contributed by atoms with E-state index in [1.807, 2.05) is 6.92 Å². The van der Waals surface area contributed by atoms with Crippen molar-refractivity contribution < 1.29 is 0 Å². The highest BCUT2D eigenvalue weighted by Crippen LogP contribution is 1.99. The molecule has 84 valence electrons. The van der Waals surface area contributed by atoms with Crippen molar-refractivity contribution in [2.75, 3.05) is 0 Å². The predicted molar refractivity (Wildman–Crippen MR) is 58.3 cm³/mol.